The molecule has 0 spiro atoms. The van der Waals surface area contributed by atoms with Gasteiger partial charge in [0.1, 0.15) is 5.76 Å². The maximum atomic E-state index is 12.8. The summed E-state index contributed by atoms with van der Waals surface area (Å²) in [4.78, 5) is 16.2. The number of nitrogens with one attached hydrogen (secondary N) is 2. The van der Waals surface area contributed by atoms with Gasteiger partial charge < -0.3 is 14.8 Å². The Morgan fingerprint density at radius 3 is 3.04 bits per heavy atom. The fraction of sp³-hybridized carbons (Fsp3) is 0.400. The average molecular weight is 370 g/mol. The molecular formula is C20H20ClN3O2. The minimum Gasteiger partial charge on any atom is -0.360 e. The van der Waals surface area contributed by atoms with Crippen LogP contribution in [0, 0.1) is 0 Å². The number of aryl methyl sites for hydroxylation is 2. The zero-order valence-electron chi connectivity index (χ0n) is 14.4. The number of aromatic amines is 1. The number of carbonyl (C=O) groups excluding carboxylic acids is 1. The Labute approximate surface area is 156 Å². The van der Waals surface area contributed by atoms with Crippen LogP contribution in [0.25, 0.3) is 10.9 Å². The third kappa shape index (κ3) is 2.62. The zero-order chi connectivity index (χ0) is 17.7. The molecule has 5 nitrogen and oxygen atoms in total. The first-order valence-corrected chi connectivity index (χ1v) is 9.64. The van der Waals surface area contributed by atoms with E-state index in [1.807, 2.05) is 18.2 Å². The number of benzene rings is 1. The van der Waals surface area contributed by atoms with E-state index in [0.717, 1.165) is 72.2 Å². The van der Waals surface area contributed by atoms with Gasteiger partial charge >= 0.3 is 0 Å². The van der Waals surface area contributed by atoms with Crippen LogP contribution < -0.4 is 5.32 Å². The molecule has 2 N–H and O–H groups in total. The Bertz CT molecular complexity index is 1000. The lowest BCUT2D eigenvalue weighted by molar-refractivity contribution is 0.0923. The van der Waals surface area contributed by atoms with Gasteiger partial charge in [-0.05, 0) is 62.3 Å². The number of halogens is 1. The van der Waals surface area contributed by atoms with Crippen LogP contribution in [0.15, 0.2) is 22.7 Å². The molecule has 134 valence electrons. The van der Waals surface area contributed by atoms with Crippen LogP contribution in [0.4, 0.5) is 0 Å². The number of amides is 1. The molecule has 0 radical (unpaired) electrons. The summed E-state index contributed by atoms with van der Waals surface area (Å²) in [6.45, 7) is 0. The molecule has 3 aromatic rings. The summed E-state index contributed by atoms with van der Waals surface area (Å²) in [5, 5.41) is 9.11. The first-order valence-electron chi connectivity index (χ1n) is 9.26. The quantitative estimate of drug-likeness (QED) is 0.717. The highest BCUT2D eigenvalue weighted by Crippen LogP contribution is 2.31. The van der Waals surface area contributed by atoms with E-state index in [2.05, 4.69) is 15.5 Å². The molecular weight excluding hydrogens is 350 g/mol. The van der Waals surface area contributed by atoms with Gasteiger partial charge in [-0.15, -0.1) is 0 Å². The molecule has 0 saturated carbocycles. The van der Waals surface area contributed by atoms with E-state index < -0.39 is 0 Å². The van der Waals surface area contributed by atoms with Crippen molar-refractivity contribution in [2.75, 3.05) is 0 Å². The predicted octanol–water partition coefficient (Wildman–Crippen LogP) is 3.98. The summed E-state index contributed by atoms with van der Waals surface area (Å²) in [5.41, 5.74) is 5.11. The van der Waals surface area contributed by atoms with Crippen molar-refractivity contribution >= 4 is 28.4 Å². The summed E-state index contributed by atoms with van der Waals surface area (Å²) in [6, 6.07) is 6.03. The van der Waals surface area contributed by atoms with Crippen LogP contribution in [0.5, 0.6) is 0 Å². The highest BCUT2D eigenvalue weighted by atomic mass is 35.5. The number of hydrogen-bond acceptors (Lipinski definition) is 3. The number of H-pyrrole nitrogens is 1. The van der Waals surface area contributed by atoms with E-state index in [9.17, 15) is 4.79 Å². The van der Waals surface area contributed by atoms with Crippen LogP contribution in [0.1, 0.15) is 52.3 Å². The number of rotatable bonds is 2. The average Bonchev–Trinajstić information content (AvgIpc) is 3.23. The summed E-state index contributed by atoms with van der Waals surface area (Å²) < 4.78 is 5.38. The number of nitrogens with zero attached hydrogens (tertiary/aromatic N) is 1. The first-order chi connectivity index (χ1) is 12.7. The van der Waals surface area contributed by atoms with E-state index in [1.54, 1.807) is 0 Å². The Kier molecular flexibility index (Phi) is 3.78. The van der Waals surface area contributed by atoms with Crippen LogP contribution >= 0.6 is 11.6 Å². The fourth-order valence-electron chi connectivity index (χ4n) is 4.33. The van der Waals surface area contributed by atoms with Crippen LogP contribution in [0.3, 0.4) is 0 Å². The van der Waals surface area contributed by atoms with Crippen LogP contribution in [-0.2, 0) is 25.7 Å². The lowest BCUT2D eigenvalue weighted by atomic mass is 9.91. The molecule has 0 aliphatic heterocycles. The number of carbonyl (C=O) groups is 1. The topological polar surface area (TPSA) is 70.9 Å². The van der Waals surface area contributed by atoms with E-state index in [-0.39, 0.29) is 11.9 Å². The smallest absolute Gasteiger partial charge is 0.273 e. The monoisotopic (exact) mass is 369 g/mol. The van der Waals surface area contributed by atoms with E-state index in [0.29, 0.717) is 5.69 Å². The highest BCUT2D eigenvalue weighted by Gasteiger charge is 2.28. The lowest BCUT2D eigenvalue weighted by Gasteiger charge is -2.23. The second kappa shape index (κ2) is 6.16. The Balaban J connectivity index is 1.38. The van der Waals surface area contributed by atoms with Crippen molar-refractivity contribution in [1.82, 2.24) is 15.5 Å². The standard InChI is InChI=1S/C20H20ClN3O2/c21-11-5-7-16-14(9-11)15-10-12(6-8-17(15)23-16)22-20(25)19-13-3-1-2-4-18(13)26-24-19/h5,7,9,12,23H,1-4,6,8,10H2,(H,22,25). The predicted molar refractivity (Wildman–Crippen MR) is 99.7 cm³/mol. The molecule has 2 aromatic heterocycles. The van der Waals surface area contributed by atoms with Crippen molar-refractivity contribution in [3.05, 3.63) is 51.5 Å². The number of aromatic nitrogens is 2. The highest BCUT2D eigenvalue weighted by molar-refractivity contribution is 6.31. The maximum Gasteiger partial charge on any atom is 0.273 e. The van der Waals surface area contributed by atoms with E-state index in [1.165, 1.54) is 11.3 Å². The van der Waals surface area contributed by atoms with E-state index in [4.69, 9.17) is 16.1 Å². The van der Waals surface area contributed by atoms with Gasteiger partial charge in [-0.1, -0.05) is 16.8 Å². The lowest BCUT2D eigenvalue weighted by Crippen LogP contribution is -2.39. The summed E-state index contributed by atoms with van der Waals surface area (Å²) in [5.74, 6) is 0.779. The first kappa shape index (κ1) is 15.9. The molecule has 0 saturated heterocycles. The van der Waals surface area contributed by atoms with Gasteiger partial charge in [0.25, 0.3) is 5.91 Å². The van der Waals surface area contributed by atoms with Gasteiger partial charge in [0, 0.05) is 39.6 Å². The van der Waals surface area contributed by atoms with Gasteiger partial charge in [0.2, 0.25) is 0 Å². The normalized spacial score (nSPS) is 19.2. The second-order valence-electron chi connectivity index (χ2n) is 7.33. The van der Waals surface area contributed by atoms with Crippen molar-refractivity contribution in [2.24, 2.45) is 0 Å². The largest absolute Gasteiger partial charge is 0.360 e. The molecule has 6 heteroatoms. The van der Waals surface area contributed by atoms with Gasteiger partial charge in [-0.2, -0.15) is 0 Å². The van der Waals surface area contributed by atoms with Gasteiger partial charge in [-0.3, -0.25) is 4.79 Å². The molecule has 2 heterocycles. The molecule has 1 unspecified atom stereocenters. The molecule has 2 aliphatic rings. The van der Waals surface area contributed by atoms with Crippen molar-refractivity contribution < 1.29 is 9.32 Å². The maximum absolute atomic E-state index is 12.8. The van der Waals surface area contributed by atoms with Gasteiger partial charge in [0.05, 0.1) is 0 Å². The number of hydrogen-bond donors (Lipinski definition) is 2. The summed E-state index contributed by atoms with van der Waals surface area (Å²) in [6.07, 6.45) is 6.62. The molecule has 1 atom stereocenters. The fourth-order valence-corrected chi connectivity index (χ4v) is 4.50. The molecule has 0 bridgehead atoms. The molecule has 1 aromatic carbocycles. The van der Waals surface area contributed by atoms with E-state index >= 15 is 0 Å². The number of fused-ring (bicyclic) bond motifs is 4. The Morgan fingerprint density at radius 2 is 2.12 bits per heavy atom. The van der Waals surface area contributed by atoms with Gasteiger partial charge in [0.15, 0.2) is 5.69 Å². The molecule has 26 heavy (non-hydrogen) atoms. The molecule has 0 fully saturated rings. The minimum absolute atomic E-state index is 0.101. The van der Waals surface area contributed by atoms with Crippen molar-refractivity contribution in [3.8, 4) is 0 Å². The SMILES string of the molecule is O=C(NC1CCc2[nH]c3ccc(Cl)cc3c2C1)c1noc2c1CCCC2. The van der Waals surface area contributed by atoms with Crippen molar-refractivity contribution in [3.63, 3.8) is 0 Å². The third-order valence-electron chi connectivity index (χ3n) is 5.65. The van der Waals surface area contributed by atoms with Gasteiger partial charge in [-0.25, -0.2) is 0 Å². The van der Waals surface area contributed by atoms with Crippen LogP contribution in [-0.4, -0.2) is 22.1 Å². The molecule has 1 amide bonds. The Hall–Kier alpha value is -2.27. The minimum atomic E-state index is -0.108. The summed E-state index contributed by atoms with van der Waals surface area (Å²) in [7, 11) is 0. The molecule has 2 aliphatic carbocycles. The van der Waals surface area contributed by atoms with Crippen LogP contribution in [0.2, 0.25) is 5.02 Å². The zero-order valence-corrected chi connectivity index (χ0v) is 15.2. The third-order valence-corrected chi connectivity index (χ3v) is 5.89. The summed E-state index contributed by atoms with van der Waals surface area (Å²) >= 11 is 6.17. The van der Waals surface area contributed by atoms with Crippen molar-refractivity contribution in [2.45, 2.75) is 51.0 Å². The van der Waals surface area contributed by atoms with Crippen molar-refractivity contribution in [1.29, 1.82) is 0 Å². The molecule has 5 rings (SSSR count). The Morgan fingerprint density at radius 1 is 1.23 bits per heavy atom. The second-order valence-corrected chi connectivity index (χ2v) is 7.76.